The molecule has 0 aliphatic heterocycles. The lowest BCUT2D eigenvalue weighted by atomic mass is 10.0. The number of nitrogens with zero attached hydrogens (tertiary/aromatic N) is 1. The molecule has 0 heterocycles. The fourth-order valence-corrected chi connectivity index (χ4v) is 5.09. The number of unbranched alkanes of at least 4 members (excludes halogenated alkanes) is 1. The first-order valence-corrected chi connectivity index (χ1v) is 14.4. The fraction of sp³-hybridized carbons (Fsp3) is 0.333. The van der Waals surface area contributed by atoms with Crippen LogP contribution < -0.4 is 5.32 Å². The van der Waals surface area contributed by atoms with Gasteiger partial charge in [0, 0.05) is 29.7 Å². The molecule has 1 atom stereocenters. The number of halogens is 1. The molecule has 0 aromatic heterocycles. The maximum absolute atomic E-state index is 13.7. The van der Waals surface area contributed by atoms with Gasteiger partial charge < -0.3 is 10.2 Å². The Hall–Kier alpha value is -2.57. The van der Waals surface area contributed by atoms with Gasteiger partial charge in [0.1, 0.15) is 6.04 Å². The third kappa shape index (κ3) is 8.82. The molecule has 2 amide bonds. The van der Waals surface area contributed by atoms with Gasteiger partial charge in [-0.25, -0.2) is 0 Å². The molecule has 0 bridgehead atoms. The van der Waals surface area contributed by atoms with E-state index in [-0.39, 0.29) is 11.8 Å². The maximum atomic E-state index is 13.7. The quantitative estimate of drug-likeness (QED) is 0.239. The first kappa shape index (κ1) is 28.0. The molecular formula is C30H35BrN2O2S. The van der Waals surface area contributed by atoms with Crippen LogP contribution in [0.5, 0.6) is 0 Å². The summed E-state index contributed by atoms with van der Waals surface area (Å²) in [4.78, 5) is 28.9. The molecule has 0 unspecified atom stereocenters. The number of rotatable bonds is 13. The SMILES string of the molecule is CCCCNC(=O)[C@@H](Cc1ccccc1)N(Cc1ccccc1C)C(=O)CSCc1ccc(Br)cc1. The van der Waals surface area contributed by atoms with E-state index in [2.05, 4.69) is 40.3 Å². The molecule has 0 saturated heterocycles. The highest BCUT2D eigenvalue weighted by Crippen LogP contribution is 2.20. The van der Waals surface area contributed by atoms with E-state index in [1.54, 1.807) is 16.7 Å². The predicted molar refractivity (Wildman–Crippen MR) is 154 cm³/mol. The van der Waals surface area contributed by atoms with Crippen molar-refractivity contribution in [2.75, 3.05) is 12.3 Å². The van der Waals surface area contributed by atoms with Crippen LogP contribution in [0, 0.1) is 6.92 Å². The van der Waals surface area contributed by atoms with Gasteiger partial charge in [-0.3, -0.25) is 9.59 Å². The average molecular weight is 568 g/mol. The Kier molecular flexibility index (Phi) is 11.6. The smallest absolute Gasteiger partial charge is 0.243 e. The number of hydrogen-bond acceptors (Lipinski definition) is 3. The largest absolute Gasteiger partial charge is 0.354 e. The molecule has 0 saturated carbocycles. The number of benzene rings is 3. The number of aryl methyl sites for hydroxylation is 1. The third-order valence-corrected chi connectivity index (χ3v) is 7.63. The topological polar surface area (TPSA) is 49.4 Å². The van der Waals surface area contributed by atoms with Crippen molar-refractivity contribution in [3.05, 3.63) is 106 Å². The lowest BCUT2D eigenvalue weighted by molar-refractivity contribution is -0.139. The highest BCUT2D eigenvalue weighted by Gasteiger charge is 2.30. The average Bonchev–Trinajstić information content (AvgIpc) is 2.89. The molecule has 6 heteroatoms. The van der Waals surface area contributed by atoms with Crippen molar-refractivity contribution in [2.24, 2.45) is 0 Å². The summed E-state index contributed by atoms with van der Waals surface area (Å²) in [6, 6.07) is 25.6. The van der Waals surface area contributed by atoms with Gasteiger partial charge in [-0.1, -0.05) is 96.0 Å². The molecule has 3 aromatic rings. The molecule has 0 radical (unpaired) electrons. The molecule has 1 N–H and O–H groups in total. The minimum Gasteiger partial charge on any atom is -0.354 e. The van der Waals surface area contributed by atoms with E-state index < -0.39 is 6.04 Å². The number of thioether (sulfide) groups is 1. The minimum absolute atomic E-state index is 0.0214. The molecule has 0 spiro atoms. The molecule has 190 valence electrons. The van der Waals surface area contributed by atoms with Crippen molar-refractivity contribution in [1.82, 2.24) is 10.2 Å². The molecule has 3 rings (SSSR count). The molecule has 0 fully saturated rings. The zero-order valence-corrected chi connectivity index (χ0v) is 23.5. The molecule has 3 aromatic carbocycles. The van der Waals surface area contributed by atoms with Crippen LogP contribution >= 0.6 is 27.7 Å². The van der Waals surface area contributed by atoms with Gasteiger partial charge in [0.25, 0.3) is 0 Å². The van der Waals surface area contributed by atoms with Crippen LogP contribution in [-0.4, -0.2) is 35.1 Å². The van der Waals surface area contributed by atoms with Gasteiger partial charge in [0.15, 0.2) is 0 Å². The Morgan fingerprint density at radius 2 is 1.64 bits per heavy atom. The van der Waals surface area contributed by atoms with E-state index in [9.17, 15) is 9.59 Å². The first-order chi connectivity index (χ1) is 17.5. The number of carbonyl (C=O) groups is 2. The lowest BCUT2D eigenvalue weighted by Crippen LogP contribution is -2.51. The van der Waals surface area contributed by atoms with E-state index in [1.807, 2.05) is 73.7 Å². The van der Waals surface area contributed by atoms with Crippen molar-refractivity contribution in [3.63, 3.8) is 0 Å². The molecule has 0 aliphatic rings. The van der Waals surface area contributed by atoms with E-state index >= 15 is 0 Å². The summed E-state index contributed by atoms with van der Waals surface area (Å²) in [5, 5.41) is 3.08. The second-order valence-corrected chi connectivity index (χ2v) is 10.8. The first-order valence-electron chi connectivity index (χ1n) is 12.5. The second-order valence-electron chi connectivity index (χ2n) is 8.92. The van der Waals surface area contributed by atoms with E-state index in [4.69, 9.17) is 0 Å². The van der Waals surface area contributed by atoms with Crippen LogP contribution in [0.4, 0.5) is 0 Å². The van der Waals surface area contributed by atoms with Gasteiger partial charge in [0.2, 0.25) is 11.8 Å². The maximum Gasteiger partial charge on any atom is 0.243 e. The monoisotopic (exact) mass is 566 g/mol. The summed E-state index contributed by atoms with van der Waals surface area (Å²) in [6.45, 7) is 5.17. The van der Waals surface area contributed by atoms with Crippen LogP contribution in [0.2, 0.25) is 0 Å². The van der Waals surface area contributed by atoms with Crippen LogP contribution in [-0.2, 0) is 28.3 Å². The van der Waals surface area contributed by atoms with Gasteiger partial charge in [-0.2, -0.15) is 0 Å². The summed E-state index contributed by atoms with van der Waals surface area (Å²) < 4.78 is 1.04. The van der Waals surface area contributed by atoms with Gasteiger partial charge in [-0.05, 0) is 47.7 Å². The standard InChI is InChI=1S/C30H35BrN2O2S/c1-3-4-18-32-30(35)28(19-24-11-6-5-7-12-24)33(20-26-13-9-8-10-23(26)2)29(34)22-36-21-25-14-16-27(31)17-15-25/h5-17,28H,3-4,18-22H2,1-2H3,(H,32,35)/t28-/m1/s1. The van der Waals surface area contributed by atoms with Crippen molar-refractivity contribution in [2.45, 2.75) is 51.4 Å². The van der Waals surface area contributed by atoms with E-state index in [1.165, 1.54) is 5.56 Å². The van der Waals surface area contributed by atoms with Crippen molar-refractivity contribution < 1.29 is 9.59 Å². The Morgan fingerprint density at radius 3 is 2.33 bits per heavy atom. The number of hydrogen-bond donors (Lipinski definition) is 1. The van der Waals surface area contributed by atoms with E-state index in [0.717, 1.165) is 39.8 Å². The zero-order valence-electron chi connectivity index (χ0n) is 21.1. The number of nitrogens with one attached hydrogen (secondary N) is 1. The zero-order chi connectivity index (χ0) is 25.8. The summed E-state index contributed by atoms with van der Waals surface area (Å²) in [5.41, 5.74) is 4.38. The summed E-state index contributed by atoms with van der Waals surface area (Å²) >= 11 is 5.05. The van der Waals surface area contributed by atoms with Gasteiger partial charge in [0.05, 0.1) is 5.75 Å². The predicted octanol–water partition coefficient (Wildman–Crippen LogP) is 6.55. The van der Waals surface area contributed by atoms with Crippen molar-refractivity contribution >= 4 is 39.5 Å². The third-order valence-electron chi connectivity index (χ3n) is 6.11. The molecule has 0 aliphatic carbocycles. The van der Waals surface area contributed by atoms with Crippen LogP contribution in [0.15, 0.2) is 83.3 Å². The van der Waals surface area contributed by atoms with Gasteiger partial charge in [-0.15, -0.1) is 11.8 Å². The van der Waals surface area contributed by atoms with E-state index in [0.29, 0.717) is 25.3 Å². The highest BCUT2D eigenvalue weighted by atomic mass is 79.9. The molecular weight excluding hydrogens is 532 g/mol. The summed E-state index contributed by atoms with van der Waals surface area (Å²) in [5.74, 6) is 0.942. The number of amides is 2. The Balaban J connectivity index is 1.83. The fourth-order valence-electron chi connectivity index (χ4n) is 3.95. The van der Waals surface area contributed by atoms with Crippen LogP contribution in [0.3, 0.4) is 0 Å². The van der Waals surface area contributed by atoms with Crippen molar-refractivity contribution in [1.29, 1.82) is 0 Å². The van der Waals surface area contributed by atoms with Gasteiger partial charge >= 0.3 is 0 Å². The minimum atomic E-state index is -0.579. The number of carbonyl (C=O) groups excluding carboxylic acids is 2. The Labute approximate surface area is 228 Å². The van der Waals surface area contributed by atoms with Crippen molar-refractivity contribution in [3.8, 4) is 0 Å². The Bertz CT molecular complexity index is 1110. The summed E-state index contributed by atoms with van der Waals surface area (Å²) in [7, 11) is 0. The molecule has 4 nitrogen and oxygen atoms in total. The normalized spacial score (nSPS) is 11.6. The van der Waals surface area contributed by atoms with Crippen LogP contribution in [0.25, 0.3) is 0 Å². The molecule has 36 heavy (non-hydrogen) atoms. The summed E-state index contributed by atoms with van der Waals surface area (Å²) in [6.07, 6.45) is 2.40. The Morgan fingerprint density at radius 1 is 0.944 bits per heavy atom. The van der Waals surface area contributed by atoms with Crippen LogP contribution in [0.1, 0.15) is 42.0 Å². The lowest BCUT2D eigenvalue weighted by Gasteiger charge is -2.32. The second kappa shape index (κ2) is 14.9. The highest BCUT2D eigenvalue weighted by molar-refractivity contribution is 9.10.